The van der Waals surface area contributed by atoms with E-state index in [-0.39, 0.29) is 5.56 Å². The van der Waals surface area contributed by atoms with E-state index >= 15 is 0 Å². The van der Waals surface area contributed by atoms with Gasteiger partial charge in [-0.25, -0.2) is 0 Å². The first kappa shape index (κ1) is 12.8. The summed E-state index contributed by atoms with van der Waals surface area (Å²) in [5.74, 6) is 0.651. The highest BCUT2D eigenvalue weighted by Gasteiger charge is 2.13. The van der Waals surface area contributed by atoms with Gasteiger partial charge < -0.3 is 9.72 Å². The highest BCUT2D eigenvalue weighted by molar-refractivity contribution is 5.16. The van der Waals surface area contributed by atoms with Gasteiger partial charge in [0, 0.05) is 12.3 Å². The fourth-order valence-electron chi connectivity index (χ4n) is 1.43. The molecule has 0 unspecified atom stereocenters. The lowest BCUT2D eigenvalue weighted by Gasteiger charge is -2.22. The van der Waals surface area contributed by atoms with Crippen molar-refractivity contribution in [2.75, 3.05) is 6.61 Å². The summed E-state index contributed by atoms with van der Waals surface area (Å²) in [6.45, 7) is 7.41. The van der Waals surface area contributed by atoms with Gasteiger partial charge in [-0.3, -0.25) is 4.79 Å². The quantitative estimate of drug-likeness (QED) is 0.753. The Morgan fingerprint density at radius 3 is 2.81 bits per heavy atom. The lowest BCUT2D eigenvalue weighted by Crippen LogP contribution is -2.12. The molecule has 0 bridgehead atoms. The Hall–Kier alpha value is -1.25. The molecule has 0 aromatic carbocycles. The fourth-order valence-corrected chi connectivity index (χ4v) is 1.43. The zero-order valence-electron chi connectivity index (χ0n) is 10.4. The Bertz CT molecular complexity index is 368. The van der Waals surface area contributed by atoms with Crippen molar-refractivity contribution in [3.05, 3.63) is 28.7 Å². The monoisotopic (exact) mass is 223 g/mol. The molecule has 1 N–H and O–H groups in total. The van der Waals surface area contributed by atoms with E-state index in [1.807, 2.05) is 0 Å². The Morgan fingerprint density at radius 1 is 1.44 bits per heavy atom. The minimum Gasteiger partial charge on any atom is -0.493 e. The minimum atomic E-state index is -0.119. The van der Waals surface area contributed by atoms with E-state index in [4.69, 9.17) is 4.74 Å². The molecule has 3 heteroatoms. The van der Waals surface area contributed by atoms with Crippen LogP contribution in [0.5, 0.6) is 5.75 Å². The van der Waals surface area contributed by atoms with Crippen molar-refractivity contribution in [1.29, 1.82) is 0 Å². The lowest BCUT2D eigenvalue weighted by atomic mass is 9.85. The molecule has 1 rings (SSSR count). The average molecular weight is 223 g/mol. The van der Waals surface area contributed by atoms with Gasteiger partial charge in [-0.2, -0.15) is 0 Å². The standard InChI is InChI=1S/C13H21NO2/c1-4-13(2,3)7-5-9-16-11-6-8-14-12(15)10-11/h6,8,10H,4-5,7,9H2,1-3H3,(H,14,15). The Labute approximate surface area is 96.8 Å². The molecule has 0 aliphatic carbocycles. The van der Waals surface area contributed by atoms with Crippen LogP contribution >= 0.6 is 0 Å². The van der Waals surface area contributed by atoms with Crippen LogP contribution in [0.3, 0.4) is 0 Å². The van der Waals surface area contributed by atoms with Crippen molar-refractivity contribution in [1.82, 2.24) is 4.98 Å². The molecule has 1 aromatic heterocycles. The summed E-state index contributed by atoms with van der Waals surface area (Å²) in [5.41, 5.74) is 0.267. The molecule has 90 valence electrons. The molecule has 0 aliphatic heterocycles. The predicted molar refractivity (Wildman–Crippen MR) is 65.9 cm³/mol. The number of aromatic amines is 1. The third-order valence-electron chi connectivity index (χ3n) is 2.97. The zero-order chi connectivity index (χ0) is 12.0. The van der Waals surface area contributed by atoms with Gasteiger partial charge >= 0.3 is 0 Å². The second-order valence-corrected chi connectivity index (χ2v) is 4.86. The number of hydrogen-bond donors (Lipinski definition) is 1. The third kappa shape index (κ3) is 4.51. The van der Waals surface area contributed by atoms with Gasteiger partial charge in [0.05, 0.1) is 6.61 Å². The SMILES string of the molecule is CCC(C)(C)CCCOc1cc[nH]c(=O)c1. The van der Waals surface area contributed by atoms with Crippen molar-refractivity contribution >= 4 is 0 Å². The van der Waals surface area contributed by atoms with E-state index in [9.17, 15) is 4.79 Å². The second kappa shape index (κ2) is 5.73. The van der Waals surface area contributed by atoms with E-state index in [0.29, 0.717) is 17.8 Å². The second-order valence-electron chi connectivity index (χ2n) is 4.86. The van der Waals surface area contributed by atoms with E-state index < -0.39 is 0 Å². The summed E-state index contributed by atoms with van der Waals surface area (Å²) in [6.07, 6.45) is 4.95. The maximum atomic E-state index is 11.0. The number of ether oxygens (including phenoxy) is 1. The molecule has 0 saturated carbocycles. The van der Waals surface area contributed by atoms with Gasteiger partial charge in [0.2, 0.25) is 0 Å². The molecule has 0 fully saturated rings. The summed E-state index contributed by atoms with van der Waals surface area (Å²) in [7, 11) is 0. The number of hydrogen-bond acceptors (Lipinski definition) is 2. The predicted octanol–water partition coefficient (Wildman–Crippen LogP) is 2.97. The van der Waals surface area contributed by atoms with Crippen molar-refractivity contribution in [3.8, 4) is 5.75 Å². The maximum Gasteiger partial charge on any atom is 0.251 e. The number of pyridine rings is 1. The molecule has 0 radical (unpaired) electrons. The highest BCUT2D eigenvalue weighted by Crippen LogP contribution is 2.25. The van der Waals surface area contributed by atoms with Crippen LogP contribution in [0.1, 0.15) is 40.0 Å². The van der Waals surface area contributed by atoms with Gasteiger partial charge in [0.25, 0.3) is 5.56 Å². The molecule has 0 spiro atoms. The highest BCUT2D eigenvalue weighted by atomic mass is 16.5. The average Bonchev–Trinajstić information content (AvgIpc) is 2.25. The maximum absolute atomic E-state index is 11.0. The molecule has 3 nitrogen and oxygen atoms in total. The van der Waals surface area contributed by atoms with Crippen LogP contribution in [0, 0.1) is 5.41 Å². The molecular formula is C13H21NO2. The first-order valence-corrected chi connectivity index (χ1v) is 5.85. The molecule has 0 amide bonds. The molecule has 0 aliphatic rings. The van der Waals surface area contributed by atoms with E-state index in [0.717, 1.165) is 12.8 Å². The largest absolute Gasteiger partial charge is 0.493 e. The van der Waals surface area contributed by atoms with Crippen LogP contribution in [0.25, 0.3) is 0 Å². The molecular weight excluding hydrogens is 202 g/mol. The normalized spacial score (nSPS) is 11.4. The molecule has 0 atom stereocenters. The Morgan fingerprint density at radius 2 is 2.19 bits per heavy atom. The van der Waals surface area contributed by atoms with Gasteiger partial charge in [0.15, 0.2) is 0 Å². The van der Waals surface area contributed by atoms with Crippen molar-refractivity contribution in [2.45, 2.75) is 40.0 Å². The molecule has 1 heterocycles. The summed E-state index contributed by atoms with van der Waals surface area (Å²) >= 11 is 0. The van der Waals surface area contributed by atoms with Gasteiger partial charge in [-0.05, 0) is 24.3 Å². The van der Waals surface area contributed by atoms with E-state index in [1.54, 1.807) is 12.3 Å². The summed E-state index contributed by atoms with van der Waals surface area (Å²) < 4.78 is 5.51. The van der Waals surface area contributed by atoms with E-state index in [1.165, 1.54) is 12.5 Å². The number of rotatable bonds is 6. The van der Waals surface area contributed by atoms with Gasteiger partial charge in [-0.1, -0.05) is 27.2 Å². The van der Waals surface area contributed by atoms with E-state index in [2.05, 4.69) is 25.8 Å². The molecule has 16 heavy (non-hydrogen) atoms. The van der Waals surface area contributed by atoms with Crippen molar-refractivity contribution < 1.29 is 4.74 Å². The van der Waals surface area contributed by atoms with Crippen LogP contribution in [0.2, 0.25) is 0 Å². The van der Waals surface area contributed by atoms with Crippen molar-refractivity contribution in [2.24, 2.45) is 5.41 Å². The number of H-pyrrole nitrogens is 1. The Balaban J connectivity index is 2.29. The first-order chi connectivity index (χ1) is 7.53. The number of aromatic nitrogens is 1. The third-order valence-corrected chi connectivity index (χ3v) is 2.97. The van der Waals surface area contributed by atoms with Gasteiger partial charge in [-0.15, -0.1) is 0 Å². The lowest BCUT2D eigenvalue weighted by molar-refractivity contribution is 0.251. The molecule has 1 aromatic rings. The van der Waals surface area contributed by atoms with Crippen LogP contribution in [0.15, 0.2) is 23.1 Å². The van der Waals surface area contributed by atoms with Crippen LogP contribution < -0.4 is 10.3 Å². The van der Waals surface area contributed by atoms with Gasteiger partial charge in [0.1, 0.15) is 5.75 Å². The topological polar surface area (TPSA) is 42.1 Å². The van der Waals surface area contributed by atoms with Crippen LogP contribution in [-0.4, -0.2) is 11.6 Å². The zero-order valence-corrected chi connectivity index (χ0v) is 10.4. The Kier molecular flexibility index (Phi) is 4.59. The number of nitrogens with one attached hydrogen (secondary N) is 1. The first-order valence-electron chi connectivity index (χ1n) is 5.85. The summed E-state index contributed by atoms with van der Waals surface area (Å²) in [5, 5.41) is 0. The van der Waals surface area contributed by atoms with Crippen LogP contribution in [0.4, 0.5) is 0 Å². The smallest absolute Gasteiger partial charge is 0.251 e. The summed E-state index contributed by atoms with van der Waals surface area (Å²) in [4.78, 5) is 13.6. The van der Waals surface area contributed by atoms with Crippen LogP contribution in [-0.2, 0) is 0 Å². The molecule has 0 saturated heterocycles. The van der Waals surface area contributed by atoms with Crippen molar-refractivity contribution in [3.63, 3.8) is 0 Å². The minimum absolute atomic E-state index is 0.119. The summed E-state index contributed by atoms with van der Waals surface area (Å²) in [6, 6.07) is 3.25. The fraction of sp³-hybridized carbons (Fsp3) is 0.615.